The Hall–Kier alpha value is -0.530. The molecule has 0 aliphatic heterocycles. The van der Waals surface area contributed by atoms with Gasteiger partial charge in [0.15, 0.2) is 0 Å². The summed E-state index contributed by atoms with van der Waals surface area (Å²) in [5.74, 6) is 1.83. The van der Waals surface area contributed by atoms with E-state index in [0.717, 1.165) is 12.3 Å². The highest BCUT2D eigenvalue weighted by Crippen LogP contribution is 2.36. The Balaban J connectivity index is 1.92. The minimum atomic E-state index is 0.424. The zero-order valence-electron chi connectivity index (χ0n) is 12.3. The second-order valence-electron chi connectivity index (χ2n) is 6.71. The molecule has 0 N–H and O–H groups in total. The molecule has 0 spiro atoms. The lowest BCUT2D eigenvalue weighted by Crippen LogP contribution is -2.44. The Morgan fingerprint density at radius 3 is 1.94 bits per heavy atom. The number of amides is 1. The van der Waals surface area contributed by atoms with Crippen LogP contribution >= 0.6 is 0 Å². The molecule has 1 amide bonds. The smallest absolute Gasteiger partial charge is 0.223 e. The first-order valence-corrected chi connectivity index (χ1v) is 7.93. The first-order chi connectivity index (χ1) is 8.61. The van der Waals surface area contributed by atoms with Crippen LogP contribution in [0.5, 0.6) is 0 Å². The Kier molecular flexibility index (Phi) is 4.69. The second-order valence-corrected chi connectivity index (χ2v) is 6.71. The van der Waals surface area contributed by atoms with E-state index in [1.54, 1.807) is 0 Å². The summed E-state index contributed by atoms with van der Waals surface area (Å²) in [4.78, 5) is 14.7. The van der Waals surface area contributed by atoms with Gasteiger partial charge >= 0.3 is 0 Å². The number of nitrogens with zero attached hydrogens (tertiary/aromatic N) is 1. The van der Waals surface area contributed by atoms with Crippen molar-refractivity contribution >= 4 is 5.91 Å². The van der Waals surface area contributed by atoms with E-state index >= 15 is 0 Å². The summed E-state index contributed by atoms with van der Waals surface area (Å²) >= 11 is 0. The molecule has 0 radical (unpaired) electrons. The summed E-state index contributed by atoms with van der Waals surface area (Å²) in [7, 11) is 0. The number of carbonyl (C=O) groups is 1. The van der Waals surface area contributed by atoms with E-state index in [-0.39, 0.29) is 0 Å². The summed E-state index contributed by atoms with van der Waals surface area (Å²) in [5, 5.41) is 0. The highest BCUT2D eigenvalue weighted by molar-refractivity contribution is 5.77. The summed E-state index contributed by atoms with van der Waals surface area (Å²) in [6.45, 7) is 6.60. The van der Waals surface area contributed by atoms with Gasteiger partial charge in [0.25, 0.3) is 0 Å². The van der Waals surface area contributed by atoms with Gasteiger partial charge < -0.3 is 4.90 Å². The number of rotatable bonds is 5. The number of hydrogen-bond donors (Lipinski definition) is 0. The van der Waals surface area contributed by atoms with Gasteiger partial charge in [-0.25, -0.2) is 0 Å². The van der Waals surface area contributed by atoms with Gasteiger partial charge in [-0.05, 0) is 50.4 Å². The quantitative estimate of drug-likeness (QED) is 0.723. The van der Waals surface area contributed by atoms with E-state index in [2.05, 4.69) is 25.7 Å². The van der Waals surface area contributed by atoms with Crippen molar-refractivity contribution in [3.63, 3.8) is 0 Å². The van der Waals surface area contributed by atoms with Crippen LogP contribution in [0.2, 0.25) is 0 Å². The topological polar surface area (TPSA) is 20.3 Å². The Bertz CT molecular complexity index is 275. The molecule has 0 aromatic heterocycles. The van der Waals surface area contributed by atoms with Gasteiger partial charge in [-0.3, -0.25) is 4.79 Å². The average Bonchev–Trinajstić information content (AvgIpc) is 3.14. The molecule has 0 bridgehead atoms. The third kappa shape index (κ3) is 3.49. The monoisotopic (exact) mass is 251 g/mol. The van der Waals surface area contributed by atoms with E-state index in [9.17, 15) is 4.79 Å². The van der Waals surface area contributed by atoms with Gasteiger partial charge in [-0.2, -0.15) is 0 Å². The predicted molar refractivity (Wildman–Crippen MR) is 75.4 cm³/mol. The fourth-order valence-electron chi connectivity index (χ4n) is 3.34. The Morgan fingerprint density at radius 1 is 1.06 bits per heavy atom. The molecule has 2 nitrogen and oxygen atoms in total. The van der Waals surface area contributed by atoms with E-state index in [1.807, 2.05) is 0 Å². The summed E-state index contributed by atoms with van der Waals surface area (Å²) in [6.07, 6.45) is 9.71. The predicted octanol–water partition coefficient (Wildman–Crippen LogP) is 3.99. The van der Waals surface area contributed by atoms with Gasteiger partial charge in [0.05, 0.1) is 0 Å². The second kappa shape index (κ2) is 6.08. The molecule has 2 aliphatic carbocycles. The maximum absolute atomic E-state index is 12.4. The molecule has 0 atom stereocenters. The molecule has 2 saturated carbocycles. The molecule has 0 aromatic carbocycles. The van der Waals surface area contributed by atoms with Crippen LogP contribution in [0.3, 0.4) is 0 Å². The first-order valence-electron chi connectivity index (χ1n) is 7.93. The largest absolute Gasteiger partial charge is 0.337 e. The van der Waals surface area contributed by atoms with Gasteiger partial charge in [0, 0.05) is 18.5 Å². The molecule has 2 rings (SSSR count). The lowest BCUT2D eigenvalue weighted by atomic mass is 9.83. The molecule has 0 unspecified atom stereocenters. The Labute approximate surface area is 112 Å². The zero-order valence-corrected chi connectivity index (χ0v) is 12.3. The van der Waals surface area contributed by atoms with Crippen LogP contribution in [0, 0.1) is 11.8 Å². The standard InChI is InChI=1S/C16H29NO/c1-4-13-5-7-14(8-6-13)17(15-9-10-15)16(18)11-12(2)3/h12-15H,4-11H2,1-3H3. The lowest BCUT2D eigenvalue weighted by molar-refractivity contribution is -0.135. The third-order valence-electron chi connectivity index (χ3n) is 4.60. The average molecular weight is 251 g/mol. The molecule has 2 fully saturated rings. The maximum Gasteiger partial charge on any atom is 0.223 e. The number of hydrogen-bond acceptors (Lipinski definition) is 1. The van der Waals surface area contributed by atoms with Crippen LogP contribution in [-0.2, 0) is 4.79 Å². The van der Waals surface area contributed by atoms with Crippen LogP contribution < -0.4 is 0 Å². The molecule has 0 aromatic rings. The van der Waals surface area contributed by atoms with Crippen LogP contribution in [0.4, 0.5) is 0 Å². The normalized spacial score (nSPS) is 28.4. The molecular formula is C16H29NO. The van der Waals surface area contributed by atoms with Crippen molar-refractivity contribution < 1.29 is 4.79 Å². The zero-order chi connectivity index (χ0) is 13.1. The van der Waals surface area contributed by atoms with Crippen LogP contribution in [0.15, 0.2) is 0 Å². The lowest BCUT2D eigenvalue weighted by Gasteiger charge is -2.37. The third-order valence-corrected chi connectivity index (χ3v) is 4.60. The molecule has 2 aliphatic rings. The van der Waals surface area contributed by atoms with E-state index < -0.39 is 0 Å². The van der Waals surface area contributed by atoms with Crippen molar-refractivity contribution in [1.29, 1.82) is 0 Å². The van der Waals surface area contributed by atoms with Crippen LogP contribution in [0.1, 0.15) is 72.1 Å². The van der Waals surface area contributed by atoms with E-state index in [1.165, 1.54) is 44.9 Å². The summed E-state index contributed by atoms with van der Waals surface area (Å²) in [6, 6.07) is 1.16. The van der Waals surface area contributed by atoms with E-state index in [4.69, 9.17) is 0 Å². The highest BCUT2D eigenvalue weighted by atomic mass is 16.2. The molecular weight excluding hydrogens is 222 g/mol. The SMILES string of the molecule is CCC1CCC(N(C(=O)CC(C)C)C2CC2)CC1. The van der Waals surface area contributed by atoms with Crippen molar-refractivity contribution in [2.24, 2.45) is 11.8 Å². The van der Waals surface area contributed by atoms with Crippen molar-refractivity contribution in [2.75, 3.05) is 0 Å². The summed E-state index contributed by atoms with van der Waals surface area (Å²) < 4.78 is 0. The molecule has 104 valence electrons. The first kappa shape index (κ1) is 13.9. The fourth-order valence-corrected chi connectivity index (χ4v) is 3.34. The fraction of sp³-hybridized carbons (Fsp3) is 0.938. The summed E-state index contributed by atoms with van der Waals surface area (Å²) in [5.41, 5.74) is 0. The molecule has 0 saturated heterocycles. The Morgan fingerprint density at radius 2 is 1.56 bits per heavy atom. The van der Waals surface area contributed by atoms with Crippen LogP contribution in [0.25, 0.3) is 0 Å². The van der Waals surface area contributed by atoms with Gasteiger partial charge in [-0.15, -0.1) is 0 Å². The van der Waals surface area contributed by atoms with Crippen molar-refractivity contribution in [3.8, 4) is 0 Å². The molecule has 18 heavy (non-hydrogen) atoms. The van der Waals surface area contributed by atoms with Gasteiger partial charge in [-0.1, -0.05) is 27.2 Å². The van der Waals surface area contributed by atoms with Gasteiger partial charge in [0.2, 0.25) is 5.91 Å². The van der Waals surface area contributed by atoms with Gasteiger partial charge in [0.1, 0.15) is 0 Å². The van der Waals surface area contributed by atoms with Crippen molar-refractivity contribution in [1.82, 2.24) is 4.90 Å². The minimum absolute atomic E-state index is 0.424. The molecule has 0 heterocycles. The highest BCUT2D eigenvalue weighted by Gasteiger charge is 2.38. The van der Waals surface area contributed by atoms with Crippen LogP contribution in [-0.4, -0.2) is 22.9 Å². The maximum atomic E-state index is 12.4. The number of carbonyl (C=O) groups excluding carboxylic acids is 1. The van der Waals surface area contributed by atoms with Crippen molar-refractivity contribution in [2.45, 2.75) is 84.2 Å². The van der Waals surface area contributed by atoms with Crippen molar-refractivity contribution in [3.05, 3.63) is 0 Å². The molecule has 2 heteroatoms. The van der Waals surface area contributed by atoms with E-state index in [0.29, 0.717) is 23.9 Å². The minimum Gasteiger partial charge on any atom is -0.337 e.